The van der Waals surface area contributed by atoms with Crippen molar-refractivity contribution >= 4 is 11.7 Å². The number of hydrogen-bond donors (Lipinski definition) is 1. The molecule has 0 fully saturated rings. The molecule has 1 aromatic rings. The lowest BCUT2D eigenvalue weighted by molar-refractivity contribution is -0.386. The Bertz CT molecular complexity index is 496. The highest BCUT2D eigenvalue weighted by molar-refractivity contribution is 5.90. The predicted molar refractivity (Wildman–Crippen MR) is 69.1 cm³/mol. The zero-order chi connectivity index (χ0) is 14.6. The van der Waals surface area contributed by atoms with Crippen LogP contribution < -0.4 is 0 Å². The molecule has 1 N–H and O–H groups in total. The molecule has 104 valence electrons. The normalized spacial score (nSPS) is 11.2. The fraction of sp³-hybridized carbons (Fsp3) is 0.462. The largest absolute Gasteiger partial charge is 0.373 e. The zero-order valence-electron chi connectivity index (χ0n) is 11.2. The quantitative estimate of drug-likeness (QED) is 0.502. The van der Waals surface area contributed by atoms with Crippen LogP contribution in [0.3, 0.4) is 0 Å². The Morgan fingerprint density at radius 2 is 2.11 bits per heavy atom. The summed E-state index contributed by atoms with van der Waals surface area (Å²) in [4.78, 5) is 25.4. The molecule has 0 saturated heterocycles. The second kappa shape index (κ2) is 5.79. The molecule has 0 aliphatic carbocycles. The first-order valence-electron chi connectivity index (χ1n) is 5.98. The molecule has 0 heterocycles. The Kier molecular flexibility index (Phi) is 4.61. The third kappa shape index (κ3) is 3.29. The second-order valence-electron chi connectivity index (χ2n) is 5.00. The van der Waals surface area contributed by atoms with Crippen LogP contribution in [-0.2, 0) is 10.3 Å². The number of nitro groups is 1. The Hall–Kier alpha value is -1.95. The van der Waals surface area contributed by atoms with E-state index >= 15 is 0 Å². The van der Waals surface area contributed by atoms with Gasteiger partial charge in [-0.1, -0.05) is 33.3 Å². The maximum atomic E-state index is 11.2. The van der Waals surface area contributed by atoms with Crippen molar-refractivity contribution in [1.29, 1.82) is 0 Å². The molecule has 0 amide bonds. The molecule has 0 aliphatic heterocycles. The summed E-state index contributed by atoms with van der Waals surface area (Å²) < 4.78 is 0. The van der Waals surface area contributed by atoms with E-state index in [1.165, 1.54) is 6.07 Å². The fourth-order valence-corrected chi connectivity index (χ4v) is 2.19. The summed E-state index contributed by atoms with van der Waals surface area (Å²) in [6.45, 7) is 5.84. The molecule has 0 unspecified atom stereocenters. The van der Waals surface area contributed by atoms with Crippen molar-refractivity contribution in [3.63, 3.8) is 0 Å². The van der Waals surface area contributed by atoms with E-state index in [2.05, 4.69) is 4.89 Å². The predicted octanol–water partition coefficient (Wildman–Crippen LogP) is 3.30. The standard InChI is InChI=1S/C13H17NO5/c1-4-7-13(2,3)10-6-5-9(12(15)19-18)8-11(10)14(16)17/h5-6,8,18H,4,7H2,1-3H3. The van der Waals surface area contributed by atoms with Gasteiger partial charge in [0, 0.05) is 11.6 Å². The van der Waals surface area contributed by atoms with Gasteiger partial charge in [0.1, 0.15) is 0 Å². The van der Waals surface area contributed by atoms with Crippen molar-refractivity contribution in [3.05, 3.63) is 39.4 Å². The van der Waals surface area contributed by atoms with Crippen LogP contribution in [0.5, 0.6) is 0 Å². The van der Waals surface area contributed by atoms with Crippen molar-refractivity contribution in [2.24, 2.45) is 0 Å². The minimum Gasteiger partial charge on any atom is -0.296 e. The van der Waals surface area contributed by atoms with E-state index in [-0.39, 0.29) is 16.7 Å². The minimum atomic E-state index is -1.01. The summed E-state index contributed by atoms with van der Waals surface area (Å²) in [6.07, 6.45) is 1.68. The minimum absolute atomic E-state index is 0.0507. The highest BCUT2D eigenvalue weighted by Gasteiger charge is 2.29. The van der Waals surface area contributed by atoms with Crippen molar-refractivity contribution in [1.82, 2.24) is 0 Å². The van der Waals surface area contributed by atoms with Crippen LogP contribution in [-0.4, -0.2) is 16.1 Å². The van der Waals surface area contributed by atoms with Gasteiger partial charge in [-0.25, -0.2) is 4.79 Å². The highest BCUT2D eigenvalue weighted by atomic mass is 17.1. The highest BCUT2D eigenvalue weighted by Crippen LogP contribution is 2.35. The van der Waals surface area contributed by atoms with Gasteiger partial charge in [0.05, 0.1) is 10.5 Å². The first-order chi connectivity index (χ1) is 8.83. The zero-order valence-corrected chi connectivity index (χ0v) is 11.2. The Morgan fingerprint density at radius 1 is 1.47 bits per heavy atom. The summed E-state index contributed by atoms with van der Waals surface area (Å²) in [5, 5.41) is 19.4. The molecule has 19 heavy (non-hydrogen) atoms. The van der Waals surface area contributed by atoms with Crippen LogP contribution in [0.1, 0.15) is 49.5 Å². The van der Waals surface area contributed by atoms with Crippen LogP contribution in [0.15, 0.2) is 18.2 Å². The van der Waals surface area contributed by atoms with Crippen molar-refractivity contribution in [2.75, 3.05) is 0 Å². The van der Waals surface area contributed by atoms with E-state index in [1.807, 2.05) is 20.8 Å². The summed E-state index contributed by atoms with van der Waals surface area (Å²) in [5.74, 6) is -1.01. The van der Waals surface area contributed by atoms with Gasteiger partial charge in [-0.2, -0.15) is 5.26 Å². The second-order valence-corrected chi connectivity index (χ2v) is 5.00. The molecule has 0 aromatic heterocycles. The van der Waals surface area contributed by atoms with E-state index in [4.69, 9.17) is 5.26 Å². The van der Waals surface area contributed by atoms with Gasteiger partial charge < -0.3 is 0 Å². The fourth-order valence-electron chi connectivity index (χ4n) is 2.19. The lowest BCUT2D eigenvalue weighted by Crippen LogP contribution is -2.19. The molecular weight excluding hydrogens is 250 g/mol. The number of benzene rings is 1. The molecule has 6 heteroatoms. The number of hydrogen-bond acceptors (Lipinski definition) is 5. The topological polar surface area (TPSA) is 89.7 Å². The van der Waals surface area contributed by atoms with Gasteiger partial charge >= 0.3 is 5.97 Å². The third-order valence-corrected chi connectivity index (χ3v) is 3.12. The lowest BCUT2D eigenvalue weighted by atomic mass is 9.79. The van der Waals surface area contributed by atoms with Gasteiger partial charge in [-0.15, -0.1) is 0 Å². The lowest BCUT2D eigenvalue weighted by Gasteiger charge is -2.24. The Balaban J connectivity index is 3.34. The molecule has 0 spiro atoms. The molecule has 0 saturated carbocycles. The smallest absolute Gasteiger partial charge is 0.296 e. The van der Waals surface area contributed by atoms with Gasteiger partial charge in [0.25, 0.3) is 5.69 Å². The van der Waals surface area contributed by atoms with E-state index in [0.717, 1.165) is 18.9 Å². The number of carbonyl (C=O) groups is 1. The molecule has 0 aliphatic rings. The molecule has 0 radical (unpaired) electrons. The van der Waals surface area contributed by atoms with Gasteiger partial charge in [-0.3, -0.25) is 15.0 Å². The Morgan fingerprint density at radius 3 is 2.58 bits per heavy atom. The number of rotatable bonds is 5. The Labute approximate surface area is 111 Å². The average molecular weight is 267 g/mol. The molecule has 1 rings (SSSR count). The average Bonchev–Trinajstić information content (AvgIpc) is 2.36. The summed E-state index contributed by atoms with van der Waals surface area (Å²) >= 11 is 0. The summed E-state index contributed by atoms with van der Waals surface area (Å²) in [5.41, 5.74) is 0.0131. The van der Waals surface area contributed by atoms with E-state index in [0.29, 0.717) is 5.56 Å². The molecule has 6 nitrogen and oxygen atoms in total. The maximum Gasteiger partial charge on any atom is 0.373 e. The van der Waals surface area contributed by atoms with Crippen molar-refractivity contribution in [3.8, 4) is 0 Å². The molecule has 1 aromatic carbocycles. The van der Waals surface area contributed by atoms with Gasteiger partial charge in [0.15, 0.2) is 0 Å². The summed E-state index contributed by atoms with van der Waals surface area (Å²) in [6, 6.07) is 4.09. The van der Waals surface area contributed by atoms with Gasteiger partial charge in [-0.05, 0) is 17.9 Å². The monoisotopic (exact) mass is 267 g/mol. The SMILES string of the molecule is CCCC(C)(C)c1ccc(C(=O)OO)cc1[N+](=O)[O-]. The van der Waals surface area contributed by atoms with E-state index in [9.17, 15) is 14.9 Å². The maximum absolute atomic E-state index is 11.2. The molecule has 0 atom stereocenters. The third-order valence-electron chi connectivity index (χ3n) is 3.12. The van der Waals surface area contributed by atoms with Crippen LogP contribution in [0, 0.1) is 10.1 Å². The van der Waals surface area contributed by atoms with Gasteiger partial charge in [0.2, 0.25) is 0 Å². The van der Waals surface area contributed by atoms with Crippen molar-refractivity contribution < 1.29 is 19.9 Å². The number of carbonyl (C=O) groups excluding carboxylic acids is 1. The van der Waals surface area contributed by atoms with Crippen molar-refractivity contribution in [2.45, 2.75) is 39.0 Å². The molecule has 0 bridgehead atoms. The number of nitro benzene ring substituents is 1. The van der Waals surface area contributed by atoms with Crippen LogP contribution in [0.2, 0.25) is 0 Å². The summed E-state index contributed by atoms with van der Waals surface area (Å²) in [7, 11) is 0. The van der Waals surface area contributed by atoms with E-state index < -0.39 is 10.9 Å². The first-order valence-corrected chi connectivity index (χ1v) is 5.98. The number of nitrogens with zero attached hydrogens (tertiary/aromatic N) is 1. The van der Waals surface area contributed by atoms with E-state index in [1.54, 1.807) is 6.07 Å². The first kappa shape index (κ1) is 15.1. The van der Waals surface area contributed by atoms with Crippen LogP contribution >= 0.6 is 0 Å². The van der Waals surface area contributed by atoms with Crippen LogP contribution in [0.25, 0.3) is 0 Å². The van der Waals surface area contributed by atoms with Crippen LogP contribution in [0.4, 0.5) is 5.69 Å². The molecular formula is C13H17NO5.